The van der Waals surface area contributed by atoms with Crippen molar-refractivity contribution in [2.45, 2.75) is 19.5 Å². The van der Waals surface area contributed by atoms with E-state index in [-0.39, 0.29) is 6.04 Å². The highest BCUT2D eigenvalue weighted by Gasteiger charge is 2.02. The monoisotopic (exact) mass is 246 g/mol. The van der Waals surface area contributed by atoms with Crippen molar-refractivity contribution in [3.05, 3.63) is 36.4 Å². The first-order chi connectivity index (χ1) is 8.78. The maximum atomic E-state index is 5.56. The fourth-order valence-corrected chi connectivity index (χ4v) is 1.51. The average molecular weight is 246 g/mol. The molecule has 0 spiro atoms. The Morgan fingerprint density at radius 1 is 1.39 bits per heavy atom. The maximum absolute atomic E-state index is 5.56. The van der Waals surface area contributed by atoms with Gasteiger partial charge in [-0.1, -0.05) is 0 Å². The van der Waals surface area contributed by atoms with Crippen molar-refractivity contribution < 1.29 is 0 Å². The number of hydrogen-bond donors (Lipinski definition) is 4. The molecule has 2 heterocycles. The second-order valence-corrected chi connectivity index (χ2v) is 4.14. The van der Waals surface area contributed by atoms with E-state index in [4.69, 9.17) is 5.73 Å². The number of nitrogens with zero attached hydrogens (tertiary/aromatic N) is 2. The number of H-pyrrole nitrogens is 1. The van der Waals surface area contributed by atoms with Crippen molar-refractivity contribution in [1.82, 2.24) is 15.0 Å². The third-order valence-electron chi connectivity index (χ3n) is 2.55. The van der Waals surface area contributed by atoms with E-state index in [9.17, 15) is 0 Å². The van der Waals surface area contributed by atoms with Crippen LogP contribution in [-0.2, 0) is 6.54 Å². The van der Waals surface area contributed by atoms with Gasteiger partial charge in [0.15, 0.2) is 0 Å². The van der Waals surface area contributed by atoms with Gasteiger partial charge in [0.25, 0.3) is 0 Å². The molecule has 1 atom stereocenters. The van der Waals surface area contributed by atoms with E-state index in [0.717, 1.165) is 18.2 Å². The summed E-state index contributed by atoms with van der Waals surface area (Å²) in [7, 11) is 0. The zero-order chi connectivity index (χ0) is 12.8. The van der Waals surface area contributed by atoms with Gasteiger partial charge in [-0.15, -0.1) is 0 Å². The van der Waals surface area contributed by atoms with Crippen molar-refractivity contribution >= 4 is 11.6 Å². The fraction of sp³-hybridized carbons (Fsp3) is 0.333. The lowest BCUT2D eigenvalue weighted by atomic mass is 10.3. The van der Waals surface area contributed by atoms with Gasteiger partial charge in [0.1, 0.15) is 18.0 Å². The molecule has 6 nitrogen and oxygen atoms in total. The second kappa shape index (κ2) is 6.02. The number of aromatic nitrogens is 3. The van der Waals surface area contributed by atoms with E-state index < -0.39 is 0 Å². The number of rotatable bonds is 6. The van der Waals surface area contributed by atoms with Crippen molar-refractivity contribution in [2.24, 2.45) is 5.73 Å². The fourth-order valence-electron chi connectivity index (χ4n) is 1.51. The number of nitrogens with one attached hydrogen (secondary N) is 3. The van der Waals surface area contributed by atoms with Gasteiger partial charge < -0.3 is 21.4 Å². The van der Waals surface area contributed by atoms with Crippen molar-refractivity contribution in [3.8, 4) is 0 Å². The summed E-state index contributed by atoms with van der Waals surface area (Å²) in [5, 5.41) is 6.44. The van der Waals surface area contributed by atoms with E-state index in [1.165, 1.54) is 11.9 Å². The normalized spacial score (nSPS) is 12.1. The minimum absolute atomic E-state index is 0.192. The van der Waals surface area contributed by atoms with Gasteiger partial charge in [0.05, 0.1) is 0 Å². The first-order valence-electron chi connectivity index (χ1n) is 5.92. The van der Waals surface area contributed by atoms with Crippen LogP contribution in [-0.4, -0.2) is 27.5 Å². The smallest absolute Gasteiger partial charge is 0.131 e. The maximum Gasteiger partial charge on any atom is 0.131 e. The molecule has 0 radical (unpaired) electrons. The van der Waals surface area contributed by atoms with Crippen LogP contribution in [0.5, 0.6) is 0 Å². The number of anilines is 2. The predicted molar refractivity (Wildman–Crippen MR) is 72.3 cm³/mol. The number of aromatic amines is 1. The van der Waals surface area contributed by atoms with Crippen molar-refractivity contribution in [1.29, 1.82) is 0 Å². The van der Waals surface area contributed by atoms with Crippen LogP contribution in [0.15, 0.2) is 30.9 Å². The van der Waals surface area contributed by atoms with Gasteiger partial charge in [-0.3, -0.25) is 0 Å². The minimum atomic E-state index is 0.192. The first-order valence-corrected chi connectivity index (χ1v) is 5.92. The van der Waals surface area contributed by atoms with Gasteiger partial charge in [-0.25, -0.2) is 9.97 Å². The molecule has 0 saturated carbocycles. The van der Waals surface area contributed by atoms with E-state index in [0.29, 0.717) is 6.54 Å². The molecule has 0 bridgehead atoms. The lowest BCUT2D eigenvalue weighted by molar-refractivity contribution is 0.797. The summed E-state index contributed by atoms with van der Waals surface area (Å²) in [6.45, 7) is 3.30. The standard InChI is InChI=1S/C12H18N6/c1-9(5-13)18-12-4-11(16-8-17-12)15-7-10-2-3-14-6-10/h2-4,6,8-9,14H,5,7,13H2,1H3,(H2,15,16,17,18). The third-order valence-corrected chi connectivity index (χ3v) is 2.55. The minimum Gasteiger partial charge on any atom is -0.367 e. The van der Waals surface area contributed by atoms with Gasteiger partial charge in [-0.2, -0.15) is 0 Å². The Labute approximate surface area is 106 Å². The Bertz CT molecular complexity index is 467. The SMILES string of the molecule is CC(CN)Nc1cc(NCc2cc[nH]c2)ncn1. The molecule has 5 N–H and O–H groups in total. The van der Waals surface area contributed by atoms with Crippen LogP contribution in [0.2, 0.25) is 0 Å². The largest absolute Gasteiger partial charge is 0.367 e. The van der Waals surface area contributed by atoms with Crippen LogP contribution in [0.1, 0.15) is 12.5 Å². The van der Waals surface area contributed by atoms with Crippen LogP contribution < -0.4 is 16.4 Å². The molecular weight excluding hydrogens is 228 g/mol. The van der Waals surface area contributed by atoms with Gasteiger partial charge in [-0.05, 0) is 18.6 Å². The molecule has 0 aliphatic carbocycles. The van der Waals surface area contributed by atoms with Gasteiger partial charge in [0, 0.05) is 37.6 Å². The number of nitrogens with two attached hydrogens (primary N) is 1. The van der Waals surface area contributed by atoms with Gasteiger partial charge in [0.2, 0.25) is 0 Å². The Balaban J connectivity index is 1.94. The lowest BCUT2D eigenvalue weighted by Gasteiger charge is -2.12. The molecule has 0 fully saturated rings. The van der Waals surface area contributed by atoms with Crippen molar-refractivity contribution in [2.75, 3.05) is 17.2 Å². The molecule has 96 valence electrons. The average Bonchev–Trinajstić information content (AvgIpc) is 2.90. The highest BCUT2D eigenvalue weighted by Crippen LogP contribution is 2.10. The number of hydrogen-bond acceptors (Lipinski definition) is 5. The predicted octanol–water partition coefficient (Wildman–Crippen LogP) is 1.18. The summed E-state index contributed by atoms with van der Waals surface area (Å²) in [6.07, 6.45) is 5.38. The summed E-state index contributed by atoms with van der Waals surface area (Å²) in [4.78, 5) is 11.3. The van der Waals surface area contributed by atoms with Crippen LogP contribution >= 0.6 is 0 Å². The quantitative estimate of drug-likeness (QED) is 0.614. The highest BCUT2D eigenvalue weighted by molar-refractivity contribution is 5.47. The summed E-state index contributed by atoms with van der Waals surface area (Å²) in [6, 6.07) is 4.08. The topological polar surface area (TPSA) is 91.7 Å². The van der Waals surface area contributed by atoms with E-state index in [1.807, 2.05) is 31.5 Å². The van der Waals surface area contributed by atoms with Crippen molar-refractivity contribution in [3.63, 3.8) is 0 Å². The molecule has 2 aromatic heterocycles. The van der Waals surface area contributed by atoms with Crippen LogP contribution in [0, 0.1) is 0 Å². The van der Waals surface area contributed by atoms with Crippen LogP contribution in [0.4, 0.5) is 11.6 Å². The van der Waals surface area contributed by atoms with E-state index in [1.54, 1.807) is 0 Å². The molecule has 0 aromatic carbocycles. The van der Waals surface area contributed by atoms with Crippen LogP contribution in [0.25, 0.3) is 0 Å². The summed E-state index contributed by atoms with van der Waals surface area (Å²) in [5.41, 5.74) is 6.73. The molecule has 6 heteroatoms. The Kier molecular flexibility index (Phi) is 4.14. The summed E-state index contributed by atoms with van der Waals surface area (Å²) in [5.74, 6) is 1.57. The second-order valence-electron chi connectivity index (χ2n) is 4.14. The van der Waals surface area contributed by atoms with E-state index in [2.05, 4.69) is 25.6 Å². The molecule has 0 aliphatic heterocycles. The summed E-state index contributed by atoms with van der Waals surface area (Å²) >= 11 is 0. The van der Waals surface area contributed by atoms with E-state index >= 15 is 0 Å². The molecular formula is C12H18N6. The molecule has 0 saturated heterocycles. The zero-order valence-corrected chi connectivity index (χ0v) is 10.4. The van der Waals surface area contributed by atoms with Crippen LogP contribution in [0.3, 0.4) is 0 Å². The molecule has 1 unspecified atom stereocenters. The molecule has 18 heavy (non-hydrogen) atoms. The molecule has 2 aromatic rings. The molecule has 0 aliphatic rings. The Morgan fingerprint density at radius 3 is 2.94 bits per heavy atom. The Morgan fingerprint density at radius 2 is 2.22 bits per heavy atom. The Hall–Kier alpha value is -2.08. The lowest BCUT2D eigenvalue weighted by Crippen LogP contribution is -2.25. The zero-order valence-electron chi connectivity index (χ0n) is 10.4. The molecule has 0 amide bonds. The molecule has 2 rings (SSSR count). The third kappa shape index (κ3) is 3.46. The summed E-state index contributed by atoms with van der Waals surface area (Å²) < 4.78 is 0. The van der Waals surface area contributed by atoms with Gasteiger partial charge >= 0.3 is 0 Å². The first kappa shape index (κ1) is 12.4. The highest BCUT2D eigenvalue weighted by atomic mass is 15.1.